The Kier molecular flexibility index (Phi) is 4.66. The highest BCUT2D eigenvalue weighted by Gasteiger charge is 2.24. The molecule has 0 bridgehead atoms. The molecule has 0 spiro atoms. The van der Waals surface area contributed by atoms with Crippen LogP contribution in [0.1, 0.15) is 18.0 Å². The second kappa shape index (κ2) is 6.88. The van der Waals surface area contributed by atoms with Crippen LogP contribution < -0.4 is 10.6 Å². The van der Waals surface area contributed by atoms with Crippen molar-refractivity contribution < 1.29 is 14.1 Å². The van der Waals surface area contributed by atoms with Crippen molar-refractivity contribution in [1.82, 2.24) is 5.32 Å². The molecule has 3 rings (SSSR count). The summed E-state index contributed by atoms with van der Waals surface area (Å²) in [5.41, 5.74) is 0.973. The van der Waals surface area contributed by atoms with Crippen molar-refractivity contribution in [2.24, 2.45) is 0 Å². The van der Waals surface area contributed by atoms with Gasteiger partial charge in [0, 0.05) is 28.5 Å². The minimum Gasteiger partial charge on any atom is -0.331 e. The van der Waals surface area contributed by atoms with E-state index in [2.05, 4.69) is 10.6 Å². The first-order chi connectivity index (χ1) is 11.5. The van der Waals surface area contributed by atoms with Crippen LogP contribution in [0.3, 0.4) is 0 Å². The van der Waals surface area contributed by atoms with Crippen molar-refractivity contribution in [1.29, 1.82) is 0 Å². The van der Waals surface area contributed by atoms with Gasteiger partial charge in [-0.25, -0.2) is 9.18 Å². The number of non-ortho nitro benzene ring substituents is 1. The van der Waals surface area contributed by atoms with E-state index >= 15 is 0 Å². The van der Waals surface area contributed by atoms with Gasteiger partial charge in [0.1, 0.15) is 5.82 Å². The zero-order valence-electron chi connectivity index (χ0n) is 12.5. The lowest BCUT2D eigenvalue weighted by Crippen LogP contribution is -2.34. The van der Waals surface area contributed by atoms with E-state index in [4.69, 9.17) is 0 Å². The van der Waals surface area contributed by atoms with Crippen LogP contribution in [0.2, 0.25) is 0 Å². The van der Waals surface area contributed by atoms with Crippen LogP contribution in [0, 0.1) is 15.9 Å². The summed E-state index contributed by atoms with van der Waals surface area (Å²) in [6.07, 6.45) is 0.684. The van der Waals surface area contributed by atoms with E-state index in [-0.39, 0.29) is 17.5 Å². The first-order valence-electron chi connectivity index (χ1n) is 7.28. The molecule has 0 aromatic heterocycles. The Hall–Kier alpha value is -2.61. The molecule has 0 fully saturated rings. The van der Waals surface area contributed by atoms with E-state index < -0.39 is 11.0 Å². The summed E-state index contributed by atoms with van der Waals surface area (Å²) in [7, 11) is 0. The molecule has 24 heavy (non-hydrogen) atoms. The maximum Gasteiger partial charge on any atom is 0.319 e. The minimum absolute atomic E-state index is 0.103. The molecule has 0 saturated heterocycles. The average molecular weight is 347 g/mol. The number of rotatable bonds is 3. The van der Waals surface area contributed by atoms with Crippen LogP contribution in [-0.2, 0) is 0 Å². The summed E-state index contributed by atoms with van der Waals surface area (Å²) >= 11 is 1.43. The summed E-state index contributed by atoms with van der Waals surface area (Å²) in [5, 5.41) is 16.1. The molecule has 1 atom stereocenters. The molecule has 2 aromatic rings. The number of anilines is 1. The minimum atomic E-state index is -0.527. The Morgan fingerprint density at radius 2 is 2.08 bits per heavy atom. The third-order valence-electron chi connectivity index (χ3n) is 3.65. The predicted molar refractivity (Wildman–Crippen MR) is 89.7 cm³/mol. The smallest absolute Gasteiger partial charge is 0.319 e. The Morgan fingerprint density at radius 3 is 2.88 bits per heavy atom. The zero-order chi connectivity index (χ0) is 17.1. The Labute approximate surface area is 141 Å². The summed E-state index contributed by atoms with van der Waals surface area (Å²) in [6.45, 7) is 0. The Morgan fingerprint density at radius 1 is 1.29 bits per heavy atom. The number of benzene rings is 2. The summed E-state index contributed by atoms with van der Waals surface area (Å²) in [4.78, 5) is 23.0. The number of nitro groups is 1. The van der Waals surface area contributed by atoms with E-state index in [0.717, 1.165) is 5.56 Å². The van der Waals surface area contributed by atoms with Gasteiger partial charge in [0.2, 0.25) is 0 Å². The molecular weight excluding hydrogens is 333 g/mol. The van der Waals surface area contributed by atoms with Crippen LogP contribution >= 0.6 is 11.8 Å². The van der Waals surface area contributed by atoms with Crippen molar-refractivity contribution in [2.45, 2.75) is 17.4 Å². The van der Waals surface area contributed by atoms with Gasteiger partial charge in [-0.15, -0.1) is 11.8 Å². The monoisotopic (exact) mass is 347 g/mol. The highest BCUT2D eigenvalue weighted by molar-refractivity contribution is 7.99. The van der Waals surface area contributed by atoms with E-state index in [1.165, 1.54) is 36.0 Å². The molecule has 1 aliphatic heterocycles. The highest BCUT2D eigenvalue weighted by atomic mass is 32.2. The number of carbonyl (C=O) groups is 1. The van der Waals surface area contributed by atoms with Crippen LogP contribution in [0.15, 0.2) is 47.4 Å². The number of amides is 2. The normalized spacial score (nSPS) is 16.1. The topological polar surface area (TPSA) is 84.3 Å². The fraction of sp³-hybridized carbons (Fsp3) is 0.188. The molecule has 124 valence electrons. The second-order valence-electron chi connectivity index (χ2n) is 5.25. The fourth-order valence-electron chi connectivity index (χ4n) is 2.56. The van der Waals surface area contributed by atoms with Gasteiger partial charge < -0.3 is 10.6 Å². The molecule has 2 amide bonds. The van der Waals surface area contributed by atoms with Gasteiger partial charge in [0.05, 0.1) is 11.0 Å². The second-order valence-corrected chi connectivity index (χ2v) is 6.36. The molecule has 1 unspecified atom stereocenters. The highest BCUT2D eigenvalue weighted by Crippen LogP contribution is 2.37. The number of hydrogen-bond acceptors (Lipinski definition) is 4. The average Bonchev–Trinajstić information content (AvgIpc) is 2.56. The number of nitro benzene ring substituents is 1. The lowest BCUT2D eigenvalue weighted by atomic mass is 10.0. The zero-order valence-corrected chi connectivity index (χ0v) is 13.3. The van der Waals surface area contributed by atoms with Gasteiger partial charge in [0.15, 0.2) is 0 Å². The van der Waals surface area contributed by atoms with Crippen LogP contribution in [0.5, 0.6) is 0 Å². The molecule has 0 saturated carbocycles. The number of hydrogen-bond donors (Lipinski definition) is 2. The van der Waals surface area contributed by atoms with Crippen molar-refractivity contribution >= 4 is 29.2 Å². The third-order valence-corrected chi connectivity index (χ3v) is 4.81. The SMILES string of the molecule is O=C(Nc1cccc([N+](=O)[O-])c1)NC1CCSc2c(F)cccc21. The first-order valence-corrected chi connectivity index (χ1v) is 8.26. The van der Waals surface area contributed by atoms with Crippen LogP contribution in [0.25, 0.3) is 0 Å². The third kappa shape index (κ3) is 3.48. The van der Waals surface area contributed by atoms with E-state index in [1.54, 1.807) is 18.2 Å². The van der Waals surface area contributed by atoms with Gasteiger partial charge in [-0.2, -0.15) is 0 Å². The van der Waals surface area contributed by atoms with Gasteiger partial charge in [0.25, 0.3) is 5.69 Å². The largest absolute Gasteiger partial charge is 0.331 e. The summed E-state index contributed by atoms with van der Waals surface area (Å²) in [6, 6.07) is 9.72. The van der Waals surface area contributed by atoms with Crippen molar-refractivity contribution in [2.75, 3.05) is 11.1 Å². The van der Waals surface area contributed by atoms with Crippen molar-refractivity contribution in [3.05, 3.63) is 64.0 Å². The van der Waals surface area contributed by atoms with Crippen LogP contribution in [-0.4, -0.2) is 16.7 Å². The van der Waals surface area contributed by atoms with Gasteiger partial charge in [-0.1, -0.05) is 18.2 Å². The quantitative estimate of drug-likeness (QED) is 0.647. The molecule has 8 heteroatoms. The Balaban J connectivity index is 1.71. The molecule has 1 aliphatic rings. The lowest BCUT2D eigenvalue weighted by Gasteiger charge is -2.26. The van der Waals surface area contributed by atoms with Gasteiger partial charge in [-0.05, 0) is 24.1 Å². The summed E-state index contributed by atoms with van der Waals surface area (Å²) in [5.74, 6) is 0.415. The number of halogens is 1. The van der Waals surface area contributed by atoms with Crippen molar-refractivity contribution in [3.63, 3.8) is 0 Å². The molecule has 6 nitrogen and oxygen atoms in total. The number of fused-ring (bicyclic) bond motifs is 1. The number of carbonyl (C=O) groups excluding carboxylic acids is 1. The molecule has 1 heterocycles. The number of nitrogens with zero attached hydrogens (tertiary/aromatic N) is 1. The van der Waals surface area contributed by atoms with E-state index in [9.17, 15) is 19.3 Å². The van der Waals surface area contributed by atoms with Crippen molar-refractivity contribution in [3.8, 4) is 0 Å². The molecule has 2 N–H and O–H groups in total. The van der Waals surface area contributed by atoms with Crippen LogP contribution in [0.4, 0.5) is 20.6 Å². The number of urea groups is 1. The fourth-order valence-corrected chi connectivity index (χ4v) is 3.70. The standard InChI is InChI=1S/C16H14FN3O3S/c17-13-6-2-5-12-14(7-8-24-15(12)13)19-16(21)18-10-3-1-4-11(9-10)20(22)23/h1-6,9,14H,7-8H2,(H2,18,19,21). The molecule has 0 radical (unpaired) electrons. The molecular formula is C16H14FN3O3S. The number of nitrogens with one attached hydrogen (secondary N) is 2. The Bertz CT molecular complexity index is 800. The first kappa shape index (κ1) is 16.3. The van der Waals surface area contributed by atoms with Gasteiger partial charge >= 0.3 is 6.03 Å². The van der Waals surface area contributed by atoms with Gasteiger partial charge in [-0.3, -0.25) is 10.1 Å². The maximum atomic E-state index is 13.8. The summed E-state index contributed by atoms with van der Waals surface area (Å²) < 4.78 is 13.8. The molecule has 2 aromatic carbocycles. The predicted octanol–water partition coefficient (Wildman–Crippen LogP) is 4.09. The van der Waals surface area contributed by atoms with E-state index in [1.807, 2.05) is 0 Å². The molecule has 0 aliphatic carbocycles. The number of thioether (sulfide) groups is 1. The lowest BCUT2D eigenvalue weighted by molar-refractivity contribution is -0.384. The van der Waals surface area contributed by atoms with E-state index in [0.29, 0.717) is 22.8 Å². The maximum absolute atomic E-state index is 13.8.